The summed E-state index contributed by atoms with van der Waals surface area (Å²) in [6.07, 6.45) is 2.57. The average Bonchev–Trinajstić information content (AvgIpc) is 2.65. The highest BCUT2D eigenvalue weighted by Gasteiger charge is 2.16. The van der Waals surface area contributed by atoms with Crippen LogP contribution in [0.3, 0.4) is 0 Å². The molecule has 0 aliphatic carbocycles. The van der Waals surface area contributed by atoms with Crippen LogP contribution >= 0.6 is 11.3 Å². The minimum atomic E-state index is -0.164. The van der Waals surface area contributed by atoms with E-state index >= 15 is 0 Å². The highest BCUT2D eigenvalue weighted by Crippen LogP contribution is 2.17. The van der Waals surface area contributed by atoms with E-state index in [9.17, 15) is 4.79 Å². The molecule has 1 aliphatic rings. The number of esters is 1. The third-order valence-electron chi connectivity index (χ3n) is 1.75. The Morgan fingerprint density at radius 1 is 1.58 bits per heavy atom. The second-order valence-electron chi connectivity index (χ2n) is 2.58. The van der Waals surface area contributed by atoms with Gasteiger partial charge in [0.2, 0.25) is 0 Å². The molecule has 62 valence electrons. The summed E-state index contributed by atoms with van der Waals surface area (Å²) < 4.78 is 4.79. The molecule has 1 aromatic heterocycles. The zero-order valence-electron chi connectivity index (χ0n) is 6.45. The van der Waals surface area contributed by atoms with E-state index in [0.29, 0.717) is 6.61 Å². The molecule has 1 aliphatic heterocycles. The van der Waals surface area contributed by atoms with Crippen molar-refractivity contribution in [1.29, 1.82) is 0 Å². The van der Waals surface area contributed by atoms with Crippen molar-refractivity contribution in [3.05, 3.63) is 34.0 Å². The van der Waals surface area contributed by atoms with E-state index in [1.54, 1.807) is 11.3 Å². The van der Waals surface area contributed by atoms with E-state index in [-0.39, 0.29) is 5.97 Å². The highest BCUT2D eigenvalue weighted by molar-refractivity contribution is 7.09. The standard InChI is InChI=1S/C9H8O2S/c10-9-7(3-4-11-9)6-8-2-1-5-12-8/h1-3,5H,4,6H2. The molecule has 0 N–H and O–H groups in total. The summed E-state index contributed by atoms with van der Waals surface area (Å²) in [4.78, 5) is 12.2. The number of hydrogen-bond acceptors (Lipinski definition) is 3. The van der Waals surface area contributed by atoms with E-state index in [1.807, 2.05) is 23.6 Å². The van der Waals surface area contributed by atoms with Gasteiger partial charge in [-0.2, -0.15) is 0 Å². The fraction of sp³-hybridized carbons (Fsp3) is 0.222. The Kier molecular flexibility index (Phi) is 1.96. The van der Waals surface area contributed by atoms with Crippen molar-refractivity contribution in [2.24, 2.45) is 0 Å². The van der Waals surface area contributed by atoms with Crippen LogP contribution in [0.15, 0.2) is 29.2 Å². The van der Waals surface area contributed by atoms with Crippen LogP contribution in [-0.2, 0) is 16.0 Å². The van der Waals surface area contributed by atoms with E-state index in [2.05, 4.69) is 0 Å². The molecule has 0 unspecified atom stereocenters. The van der Waals surface area contributed by atoms with Crippen LogP contribution in [0.2, 0.25) is 0 Å². The van der Waals surface area contributed by atoms with E-state index < -0.39 is 0 Å². The number of ether oxygens (including phenoxy) is 1. The van der Waals surface area contributed by atoms with Crippen molar-refractivity contribution in [3.8, 4) is 0 Å². The minimum absolute atomic E-state index is 0.164. The van der Waals surface area contributed by atoms with Gasteiger partial charge < -0.3 is 4.74 Å². The van der Waals surface area contributed by atoms with Crippen LogP contribution in [0.1, 0.15) is 4.88 Å². The lowest BCUT2D eigenvalue weighted by molar-refractivity contribution is -0.136. The minimum Gasteiger partial charge on any atom is -0.458 e. The van der Waals surface area contributed by atoms with Crippen molar-refractivity contribution in [2.75, 3.05) is 6.61 Å². The molecular weight excluding hydrogens is 172 g/mol. The van der Waals surface area contributed by atoms with Crippen LogP contribution in [0.5, 0.6) is 0 Å². The second-order valence-corrected chi connectivity index (χ2v) is 3.62. The lowest BCUT2D eigenvalue weighted by Gasteiger charge is -1.95. The zero-order chi connectivity index (χ0) is 8.39. The lowest BCUT2D eigenvalue weighted by atomic mass is 10.2. The molecule has 0 bridgehead atoms. The number of hydrogen-bond donors (Lipinski definition) is 0. The molecule has 0 radical (unpaired) electrons. The molecule has 0 spiro atoms. The third kappa shape index (κ3) is 1.41. The van der Waals surface area contributed by atoms with Crippen molar-refractivity contribution in [3.63, 3.8) is 0 Å². The topological polar surface area (TPSA) is 26.3 Å². The monoisotopic (exact) mass is 180 g/mol. The third-order valence-corrected chi connectivity index (χ3v) is 2.63. The Morgan fingerprint density at radius 3 is 3.08 bits per heavy atom. The normalized spacial score (nSPS) is 16.0. The van der Waals surface area contributed by atoms with Crippen molar-refractivity contribution in [2.45, 2.75) is 6.42 Å². The van der Waals surface area contributed by atoms with Crippen LogP contribution in [0.4, 0.5) is 0 Å². The molecule has 0 aromatic carbocycles. The Hall–Kier alpha value is -1.09. The number of cyclic esters (lactones) is 1. The van der Waals surface area contributed by atoms with E-state index in [4.69, 9.17) is 4.74 Å². The first-order chi connectivity index (χ1) is 5.86. The van der Waals surface area contributed by atoms with Crippen LogP contribution in [-0.4, -0.2) is 12.6 Å². The van der Waals surface area contributed by atoms with Crippen molar-refractivity contribution < 1.29 is 9.53 Å². The second kappa shape index (κ2) is 3.11. The molecular formula is C9H8O2S. The highest BCUT2D eigenvalue weighted by atomic mass is 32.1. The number of rotatable bonds is 2. The zero-order valence-corrected chi connectivity index (χ0v) is 7.26. The van der Waals surface area contributed by atoms with E-state index in [0.717, 1.165) is 12.0 Å². The smallest absolute Gasteiger partial charge is 0.334 e. The molecule has 12 heavy (non-hydrogen) atoms. The number of carbonyl (C=O) groups is 1. The largest absolute Gasteiger partial charge is 0.458 e. The first kappa shape index (κ1) is 7.55. The predicted molar refractivity (Wildman–Crippen MR) is 47.1 cm³/mol. The lowest BCUT2D eigenvalue weighted by Crippen LogP contribution is -2.00. The quantitative estimate of drug-likeness (QED) is 0.648. The Bertz CT molecular complexity index is 311. The van der Waals surface area contributed by atoms with Crippen LogP contribution < -0.4 is 0 Å². The van der Waals surface area contributed by atoms with Gasteiger partial charge in [-0.25, -0.2) is 4.79 Å². The first-order valence-corrected chi connectivity index (χ1v) is 4.63. The predicted octanol–water partition coefficient (Wildman–Crippen LogP) is 1.77. The number of thiophene rings is 1. The molecule has 0 saturated carbocycles. The molecule has 2 heterocycles. The van der Waals surface area contributed by atoms with Gasteiger partial charge in [-0.3, -0.25) is 0 Å². The maximum atomic E-state index is 11.0. The molecule has 3 heteroatoms. The van der Waals surface area contributed by atoms with Crippen LogP contribution in [0, 0.1) is 0 Å². The Morgan fingerprint density at radius 2 is 2.50 bits per heavy atom. The van der Waals surface area contributed by atoms with Gasteiger partial charge in [0.25, 0.3) is 0 Å². The fourth-order valence-corrected chi connectivity index (χ4v) is 1.87. The van der Waals surface area contributed by atoms with Crippen molar-refractivity contribution >= 4 is 17.3 Å². The van der Waals surface area contributed by atoms with Gasteiger partial charge in [0.05, 0.1) is 0 Å². The maximum absolute atomic E-state index is 11.0. The van der Waals surface area contributed by atoms with Gasteiger partial charge in [-0.05, 0) is 17.5 Å². The summed E-state index contributed by atoms with van der Waals surface area (Å²) in [6, 6.07) is 4.01. The van der Waals surface area contributed by atoms with Crippen molar-refractivity contribution in [1.82, 2.24) is 0 Å². The van der Waals surface area contributed by atoms with Crippen LogP contribution in [0.25, 0.3) is 0 Å². The molecule has 0 atom stereocenters. The molecule has 2 rings (SSSR count). The van der Waals surface area contributed by atoms with Gasteiger partial charge in [-0.15, -0.1) is 11.3 Å². The molecule has 0 fully saturated rings. The van der Waals surface area contributed by atoms with Gasteiger partial charge in [0.15, 0.2) is 0 Å². The van der Waals surface area contributed by atoms with E-state index in [1.165, 1.54) is 4.88 Å². The fourth-order valence-electron chi connectivity index (χ4n) is 1.14. The van der Waals surface area contributed by atoms with Gasteiger partial charge in [0, 0.05) is 16.9 Å². The SMILES string of the molecule is O=C1OCC=C1Cc1cccs1. The maximum Gasteiger partial charge on any atom is 0.334 e. The molecule has 2 nitrogen and oxygen atoms in total. The summed E-state index contributed by atoms with van der Waals surface area (Å²) in [7, 11) is 0. The first-order valence-electron chi connectivity index (χ1n) is 3.75. The summed E-state index contributed by atoms with van der Waals surface area (Å²) in [6.45, 7) is 0.444. The summed E-state index contributed by atoms with van der Waals surface area (Å²) in [5, 5.41) is 2.01. The molecule has 0 amide bonds. The summed E-state index contributed by atoms with van der Waals surface area (Å²) >= 11 is 1.66. The van der Waals surface area contributed by atoms with Gasteiger partial charge in [-0.1, -0.05) is 6.07 Å². The summed E-state index contributed by atoms with van der Waals surface area (Å²) in [5.74, 6) is -0.164. The molecule has 1 aromatic rings. The average molecular weight is 180 g/mol. The number of carbonyl (C=O) groups excluding carboxylic acids is 1. The Balaban J connectivity index is 2.09. The summed E-state index contributed by atoms with van der Waals surface area (Å²) in [5.41, 5.74) is 0.789. The molecule has 0 saturated heterocycles. The van der Waals surface area contributed by atoms with Gasteiger partial charge >= 0.3 is 5.97 Å². The Labute approximate surface area is 74.5 Å². The van der Waals surface area contributed by atoms with Gasteiger partial charge in [0.1, 0.15) is 6.61 Å².